The maximum atomic E-state index is 14.6. The quantitative estimate of drug-likeness (QED) is 0.178. The molecule has 1 aromatic carbocycles. The molecule has 27 heavy (non-hydrogen) atoms. The van der Waals surface area contributed by atoms with E-state index in [1.54, 1.807) is 0 Å². The maximum Gasteiger partial charge on any atom is 0.200 e. The van der Waals surface area contributed by atoms with Crippen LogP contribution in [0.3, 0.4) is 0 Å². The smallest absolute Gasteiger partial charge is 0.200 e. The van der Waals surface area contributed by atoms with Gasteiger partial charge >= 0.3 is 0 Å². The molecule has 0 N–H and O–H groups in total. The minimum absolute atomic E-state index is 0.316. The summed E-state index contributed by atoms with van der Waals surface area (Å²) in [4.78, 5) is -1.86. The Bertz CT molecular complexity index is 683. The minimum Gasteiger partial charge on any atom is -0.385 e. The van der Waals surface area contributed by atoms with E-state index < -0.39 is 78.6 Å². The van der Waals surface area contributed by atoms with Gasteiger partial charge in [-0.3, -0.25) is 0 Å². The van der Waals surface area contributed by atoms with Crippen LogP contribution < -0.4 is 4.57 Å². The molecule has 0 aliphatic heterocycles. The summed E-state index contributed by atoms with van der Waals surface area (Å²) in [6.07, 6.45) is -10.8. The highest BCUT2D eigenvalue weighted by atomic mass is 79.9. The van der Waals surface area contributed by atoms with E-state index in [0.29, 0.717) is 4.57 Å². The average molecular weight is 488 g/mol. The van der Waals surface area contributed by atoms with E-state index in [2.05, 4.69) is 15.9 Å². The number of halogens is 10. The molecular weight excluding hydrogens is 473 g/mol. The van der Waals surface area contributed by atoms with Gasteiger partial charge in [-0.1, -0.05) is 35.6 Å². The lowest BCUT2D eigenvalue weighted by Gasteiger charge is -2.49. The van der Waals surface area contributed by atoms with E-state index in [1.165, 1.54) is 19.6 Å². The van der Waals surface area contributed by atoms with Gasteiger partial charge in [0.05, 0.1) is 10.9 Å². The second-order valence-corrected chi connectivity index (χ2v) is 13.1. The summed E-state index contributed by atoms with van der Waals surface area (Å²) in [5, 5.41) is 0. The first-order valence-electron chi connectivity index (χ1n) is 7.74. The SMILES string of the molecule is C[Si](C)(C)N(c1c(F)c(F)c(F)c(F)c1F)C1C(F)C(F)C(Br)C(F)C1F. The number of rotatable bonds is 3. The maximum absolute atomic E-state index is 14.6. The van der Waals surface area contributed by atoms with Crippen LogP contribution in [0.15, 0.2) is 0 Å². The van der Waals surface area contributed by atoms with E-state index >= 15 is 0 Å². The van der Waals surface area contributed by atoms with Gasteiger partial charge in [0, 0.05) is 0 Å². The lowest BCUT2D eigenvalue weighted by molar-refractivity contribution is 0.00569. The predicted octanol–water partition coefficient (Wildman–Crippen LogP) is 5.52. The molecule has 154 valence electrons. The van der Waals surface area contributed by atoms with Crippen LogP contribution in [-0.2, 0) is 0 Å². The Labute approximate surface area is 158 Å². The zero-order valence-corrected chi connectivity index (χ0v) is 16.8. The fraction of sp³-hybridized carbons (Fsp3) is 0.600. The number of anilines is 1. The highest BCUT2D eigenvalue weighted by Gasteiger charge is 2.56. The van der Waals surface area contributed by atoms with Gasteiger partial charge < -0.3 is 4.57 Å². The van der Waals surface area contributed by atoms with E-state index in [0.717, 1.165) is 0 Å². The van der Waals surface area contributed by atoms with Crippen molar-refractivity contribution in [1.82, 2.24) is 0 Å². The highest BCUT2D eigenvalue weighted by molar-refractivity contribution is 9.09. The molecule has 0 saturated heterocycles. The van der Waals surface area contributed by atoms with E-state index in [9.17, 15) is 39.5 Å². The van der Waals surface area contributed by atoms with Gasteiger partial charge in [-0.05, 0) is 0 Å². The molecule has 4 unspecified atom stereocenters. The van der Waals surface area contributed by atoms with Gasteiger partial charge in [0.25, 0.3) is 0 Å². The second-order valence-electron chi connectivity index (χ2n) is 7.17. The zero-order valence-electron chi connectivity index (χ0n) is 14.2. The summed E-state index contributed by atoms with van der Waals surface area (Å²) in [5.74, 6) is -11.7. The zero-order chi connectivity index (χ0) is 21.0. The van der Waals surface area contributed by atoms with Crippen molar-refractivity contribution in [3.05, 3.63) is 29.1 Å². The predicted molar refractivity (Wildman–Crippen MR) is 88.1 cm³/mol. The molecule has 0 bridgehead atoms. The molecule has 1 aromatic rings. The number of hydrogen-bond donors (Lipinski definition) is 0. The highest BCUT2D eigenvalue weighted by Crippen LogP contribution is 2.42. The van der Waals surface area contributed by atoms with Crippen molar-refractivity contribution in [2.45, 2.75) is 55.2 Å². The summed E-state index contributed by atoms with van der Waals surface area (Å²) >= 11 is 2.49. The number of benzene rings is 1. The Morgan fingerprint density at radius 1 is 0.667 bits per heavy atom. The van der Waals surface area contributed by atoms with Crippen LogP contribution in [0.25, 0.3) is 0 Å². The van der Waals surface area contributed by atoms with Gasteiger partial charge in [0.1, 0.15) is 26.3 Å². The molecule has 0 amide bonds. The van der Waals surface area contributed by atoms with Crippen LogP contribution >= 0.6 is 15.9 Å². The standard InChI is InChI=1S/C15H15BrF9NSi/c1-27(2,3)26(14-10(22)5(17)4(16)6(18)11(14)23)15-12(24)8(20)7(19)9(21)13(15)25/h4-6,10-11,14H,1-3H3. The molecule has 1 nitrogen and oxygen atoms in total. The summed E-state index contributed by atoms with van der Waals surface area (Å²) in [7, 11) is -3.34. The van der Waals surface area contributed by atoms with Crippen LogP contribution in [0, 0.1) is 29.1 Å². The van der Waals surface area contributed by atoms with Crippen LogP contribution in [0.2, 0.25) is 19.6 Å². The van der Waals surface area contributed by atoms with Crippen molar-refractivity contribution < 1.29 is 39.5 Å². The average Bonchev–Trinajstić information content (AvgIpc) is 2.59. The Kier molecular flexibility index (Phi) is 6.21. The summed E-state index contributed by atoms with van der Waals surface area (Å²) in [5.41, 5.74) is -1.59. The fourth-order valence-corrected chi connectivity index (χ4v) is 5.73. The van der Waals surface area contributed by atoms with Crippen LogP contribution in [0.1, 0.15) is 0 Å². The third-order valence-electron chi connectivity index (χ3n) is 4.32. The first kappa shape index (κ1) is 22.4. The van der Waals surface area contributed by atoms with Crippen molar-refractivity contribution in [2.75, 3.05) is 4.57 Å². The number of nitrogens with zero attached hydrogens (tertiary/aromatic N) is 1. The topological polar surface area (TPSA) is 3.24 Å². The first-order valence-corrected chi connectivity index (χ1v) is 12.1. The lowest BCUT2D eigenvalue weighted by atomic mass is 9.88. The molecule has 0 heterocycles. The normalized spacial score (nSPS) is 31.9. The van der Waals surface area contributed by atoms with Crippen LogP contribution in [0.5, 0.6) is 0 Å². The molecule has 1 fully saturated rings. The molecule has 0 radical (unpaired) electrons. The third-order valence-corrected chi connectivity index (χ3v) is 7.29. The van der Waals surface area contributed by atoms with Gasteiger partial charge in [-0.25, -0.2) is 39.5 Å². The summed E-state index contributed by atoms with van der Waals surface area (Å²) in [6, 6.07) is -2.41. The number of hydrogen-bond acceptors (Lipinski definition) is 1. The van der Waals surface area contributed by atoms with Crippen molar-refractivity contribution in [3.63, 3.8) is 0 Å². The van der Waals surface area contributed by atoms with E-state index in [1.807, 2.05) is 0 Å². The van der Waals surface area contributed by atoms with Crippen LogP contribution in [0.4, 0.5) is 45.2 Å². The Hall–Kier alpha value is -0.913. The molecule has 1 aliphatic rings. The van der Waals surface area contributed by atoms with Gasteiger partial charge in [-0.2, -0.15) is 0 Å². The molecule has 0 aromatic heterocycles. The van der Waals surface area contributed by atoms with Crippen molar-refractivity contribution in [1.29, 1.82) is 0 Å². The van der Waals surface area contributed by atoms with Crippen molar-refractivity contribution in [3.8, 4) is 0 Å². The first-order chi connectivity index (χ1) is 12.2. The third kappa shape index (κ3) is 3.58. The molecule has 12 heteroatoms. The van der Waals surface area contributed by atoms with Crippen LogP contribution in [-0.4, -0.2) is 43.8 Å². The molecular formula is C15H15BrF9NSi. The second kappa shape index (κ2) is 7.49. The van der Waals surface area contributed by atoms with Crippen molar-refractivity contribution >= 4 is 29.9 Å². The molecule has 2 rings (SSSR count). The molecule has 1 saturated carbocycles. The van der Waals surface area contributed by atoms with Gasteiger partial charge in [0.15, 0.2) is 35.6 Å². The Balaban J connectivity index is 2.76. The monoisotopic (exact) mass is 487 g/mol. The van der Waals surface area contributed by atoms with E-state index in [-0.39, 0.29) is 0 Å². The minimum atomic E-state index is -3.34. The van der Waals surface area contributed by atoms with E-state index in [4.69, 9.17) is 0 Å². The van der Waals surface area contributed by atoms with Crippen molar-refractivity contribution in [2.24, 2.45) is 0 Å². The Morgan fingerprint density at radius 3 is 1.33 bits per heavy atom. The fourth-order valence-electron chi connectivity index (χ4n) is 3.10. The van der Waals surface area contributed by atoms with Gasteiger partial charge in [0.2, 0.25) is 5.82 Å². The lowest BCUT2D eigenvalue weighted by Crippen LogP contribution is -2.67. The Morgan fingerprint density at radius 2 is 1.00 bits per heavy atom. The molecule has 0 spiro atoms. The molecule has 4 atom stereocenters. The van der Waals surface area contributed by atoms with Gasteiger partial charge in [-0.15, -0.1) is 0 Å². The number of alkyl halides is 5. The molecule has 1 aliphatic carbocycles. The summed E-state index contributed by atoms with van der Waals surface area (Å²) in [6.45, 7) is 3.85. The summed E-state index contributed by atoms with van der Waals surface area (Å²) < 4.78 is 127. The largest absolute Gasteiger partial charge is 0.385 e.